The Morgan fingerprint density at radius 2 is 1.67 bits per heavy atom. The molecule has 134 valence electrons. The van der Waals surface area contributed by atoms with Crippen molar-refractivity contribution < 1.29 is 0 Å². The zero-order chi connectivity index (χ0) is 17.2. The predicted molar refractivity (Wildman–Crippen MR) is 101 cm³/mol. The smallest absolute Gasteiger partial charge is 0.222 e. The first-order valence-electron chi connectivity index (χ1n) is 9.49. The molecule has 6 heteroatoms. The van der Waals surface area contributed by atoms with Crippen LogP contribution in [0.25, 0.3) is 11.0 Å². The van der Waals surface area contributed by atoms with Gasteiger partial charge in [-0.3, -0.25) is 4.68 Å². The predicted octanol–water partition coefficient (Wildman–Crippen LogP) is 4.37. The Morgan fingerprint density at radius 1 is 0.958 bits per heavy atom. The van der Waals surface area contributed by atoms with Crippen LogP contribution >= 0.6 is 0 Å². The van der Waals surface area contributed by atoms with E-state index in [1.807, 2.05) is 10.9 Å². The van der Waals surface area contributed by atoms with Gasteiger partial charge in [0.1, 0.15) is 5.52 Å². The maximum atomic E-state index is 5.82. The third-order valence-electron chi connectivity index (χ3n) is 4.24. The van der Waals surface area contributed by atoms with Gasteiger partial charge in [0, 0.05) is 13.1 Å². The average molecular weight is 332 g/mol. The van der Waals surface area contributed by atoms with E-state index in [1.54, 1.807) is 0 Å². The van der Waals surface area contributed by atoms with Crippen LogP contribution < -0.4 is 11.1 Å². The summed E-state index contributed by atoms with van der Waals surface area (Å²) in [5, 5.41) is 7.99. The van der Waals surface area contributed by atoms with E-state index in [4.69, 9.17) is 5.73 Å². The lowest BCUT2D eigenvalue weighted by molar-refractivity contribution is 0.525. The van der Waals surface area contributed by atoms with Crippen LogP contribution in [0.1, 0.15) is 71.6 Å². The van der Waals surface area contributed by atoms with E-state index in [0.29, 0.717) is 5.95 Å². The number of hydrogen-bond acceptors (Lipinski definition) is 5. The Labute approximate surface area is 145 Å². The molecule has 0 saturated heterocycles. The molecule has 0 aromatic carbocycles. The summed E-state index contributed by atoms with van der Waals surface area (Å²) in [7, 11) is 0. The van der Waals surface area contributed by atoms with Crippen molar-refractivity contribution in [2.24, 2.45) is 0 Å². The first-order chi connectivity index (χ1) is 11.7. The molecular weight excluding hydrogens is 300 g/mol. The fourth-order valence-corrected chi connectivity index (χ4v) is 2.83. The first-order valence-corrected chi connectivity index (χ1v) is 9.49. The molecule has 0 spiro atoms. The number of aromatic nitrogens is 4. The number of nitrogens with two attached hydrogens (primary N) is 1. The molecule has 2 aromatic heterocycles. The van der Waals surface area contributed by atoms with Crippen molar-refractivity contribution >= 4 is 22.8 Å². The second-order valence-corrected chi connectivity index (χ2v) is 6.46. The average Bonchev–Trinajstić information content (AvgIpc) is 2.97. The maximum absolute atomic E-state index is 5.82. The highest BCUT2D eigenvalue weighted by atomic mass is 15.3. The zero-order valence-electron chi connectivity index (χ0n) is 15.2. The molecule has 2 heterocycles. The van der Waals surface area contributed by atoms with E-state index in [-0.39, 0.29) is 0 Å². The second-order valence-electron chi connectivity index (χ2n) is 6.46. The van der Waals surface area contributed by atoms with Gasteiger partial charge in [-0.15, -0.1) is 0 Å². The van der Waals surface area contributed by atoms with Gasteiger partial charge in [-0.1, -0.05) is 58.8 Å². The highest BCUT2D eigenvalue weighted by Gasteiger charge is 2.10. The number of hydrogen-bond donors (Lipinski definition) is 2. The van der Waals surface area contributed by atoms with Gasteiger partial charge in [0.15, 0.2) is 11.3 Å². The van der Waals surface area contributed by atoms with Gasteiger partial charge in [-0.05, 0) is 12.8 Å². The quantitative estimate of drug-likeness (QED) is 0.564. The van der Waals surface area contributed by atoms with Crippen molar-refractivity contribution in [1.82, 2.24) is 19.7 Å². The lowest BCUT2D eigenvalue weighted by atomic mass is 10.1. The van der Waals surface area contributed by atoms with Crippen LogP contribution in [0.4, 0.5) is 11.8 Å². The van der Waals surface area contributed by atoms with Crippen molar-refractivity contribution in [3.8, 4) is 0 Å². The number of anilines is 2. The topological polar surface area (TPSA) is 81.7 Å². The summed E-state index contributed by atoms with van der Waals surface area (Å²) >= 11 is 0. The Hall–Kier alpha value is -1.85. The van der Waals surface area contributed by atoms with Gasteiger partial charge in [0.2, 0.25) is 5.95 Å². The van der Waals surface area contributed by atoms with Gasteiger partial charge in [-0.25, -0.2) is 4.98 Å². The molecular formula is C18H32N6. The van der Waals surface area contributed by atoms with Gasteiger partial charge in [0.05, 0.1) is 6.20 Å². The van der Waals surface area contributed by atoms with E-state index >= 15 is 0 Å². The Morgan fingerprint density at radius 3 is 2.42 bits per heavy atom. The highest BCUT2D eigenvalue weighted by molar-refractivity contribution is 5.85. The van der Waals surface area contributed by atoms with Crippen LogP contribution in [0.5, 0.6) is 0 Å². The molecule has 2 rings (SSSR count). The van der Waals surface area contributed by atoms with Crippen LogP contribution in [-0.2, 0) is 6.54 Å². The molecule has 0 radical (unpaired) electrons. The molecule has 6 nitrogen and oxygen atoms in total. The van der Waals surface area contributed by atoms with Crippen molar-refractivity contribution in [2.75, 3.05) is 17.6 Å². The molecule has 0 fully saturated rings. The van der Waals surface area contributed by atoms with E-state index in [0.717, 1.165) is 49.2 Å². The number of fused-ring (bicyclic) bond motifs is 1. The van der Waals surface area contributed by atoms with E-state index in [1.165, 1.54) is 38.5 Å². The molecule has 2 aromatic rings. The summed E-state index contributed by atoms with van der Waals surface area (Å²) in [4.78, 5) is 8.61. The summed E-state index contributed by atoms with van der Waals surface area (Å²) in [5.41, 5.74) is 7.46. The van der Waals surface area contributed by atoms with Crippen molar-refractivity contribution in [3.05, 3.63) is 6.20 Å². The fourth-order valence-electron chi connectivity index (χ4n) is 2.83. The number of rotatable bonds is 12. The summed E-state index contributed by atoms with van der Waals surface area (Å²) < 4.78 is 1.98. The van der Waals surface area contributed by atoms with E-state index in [2.05, 4.69) is 34.2 Å². The van der Waals surface area contributed by atoms with Crippen LogP contribution in [0.2, 0.25) is 0 Å². The second kappa shape index (κ2) is 10.1. The number of nitrogen functional groups attached to an aromatic ring is 1. The molecule has 0 atom stereocenters. The molecule has 0 unspecified atom stereocenters. The normalized spacial score (nSPS) is 11.2. The van der Waals surface area contributed by atoms with Crippen molar-refractivity contribution in [3.63, 3.8) is 0 Å². The lowest BCUT2D eigenvalue weighted by Crippen LogP contribution is -2.06. The number of nitrogens with one attached hydrogen (secondary N) is 1. The number of unbranched alkanes of at least 4 members (excludes halogenated alkanes) is 7. The van der Waals surface area contributed by atoms with Crippen LogP contribution in [0.15, 0.2) is 6.20 Å². The van der Waals surface area contributed by atoms with Crippen LogP contribution in [0.3, 0.4) is 0 Å². The number of aryl methyl sites for hydroxylation is 1. The summed E-state index contributed by atoms with van der Waals surface area (Å²) in [6.07, 6.45) is 13.3. The minimum Gasteiger partial charge on any atom is -0.368 e. The van der Waals surface area contributed by atoms with Gasteiger partial charge in [-0.2, -0.15) is 10.1 Å². The summed E-state index contributed by atoms with van der Waals surface area (Å²) in [6.45, 7) is 6.23. The van der Waals surface area contributed by atoms with Crippen LogP contribution in [-0.4, -0.2) is 26.3 Å². The van der Waals surface area contributed by atoms with Gasteiger partial charge in [0.25, 0.3) is 0 Å². The monoisotopic (exact) mass is 332 g/mol. The van der Waals surface area contributed by atoms with Gasteiger partial charge < -0.3 is 11.1 Å². The lowest BCUT2D eigenvalue weighted by Gasteiger charge is -2.05. The zero-order valence-corrected chi connectivity index (χ0v) is 15.2. The minimum atomic E-state index is 0.303. The largest absolute Gasteiger partial charge is 0.368 e. The Kier molecular flexibility index (Phi) is 7.79. The molecule has 24 heavy (non-hydrogen) atoms. The van der Waals surface area contributed by atoms with Crippen LogP contribution in [0, 0.1) is 0 Å². The molecule has 0 aliphatic rings. The minimum absolute atomic E-state index is 0.303. The molecule has 0 aliphatic carbocycles. The molecule has 0 saturated carbocycles. The molecule has 0 amide bonds. The SMILES string of the molecule is CCCCCCCCCn1cc2nc(N)nc(NCCCC)c2n1. The van der Waals surface area contributed by atoms with Crippen molar-refractivity contribution in [1.29, 1.82) is 0 Å². The standard InChI is InChI=1S/C18H32N6/c1-3-5-7-8-9-10-11-13-24-14-15-16(23-24)17(20-12-6-4-2)22-18(19)21-15/h14H,3-13H2,1-2H3,(H3,19,20,21,22). The Bertz CT molecular complexity index is 607. The van der Waals surface area contributed by atoms with E-state index in [9.17, 15) is 0 Å². The van der Waals surface area contributed by atoms with Crippen molar-refractivity contribution in [2.45, 2.75) is 78.2 Å². The highest BCUT2D eigenvalue weighted by Crippen LogP contribution is 2.20. The molecule has 0 aliphatic heterocycles. The van der Waals surface area contributed by atoms with E-state index < -0.39 is 0 Å². The summed E-state index contributed by atoms with van der Waals surface area (Å²) in [5.74, 6) is 1.06. The summed E-state index contributed by atoms with van der Waals surface area (Å²) in [6, 6.07) is 0. The third-order valence-corrected chi connectivity index (χ3v) is 4.24. The third kappa shape index (κ3) is 5.65. The number of nitrogens with zero attached hydrogens (tertiary/aromatic N) is 4. The first kappa shape index (κ1) is 18.5. The van der Waals surface area contributed by atoms with Gasteiger partial charge >= 0.3 is 0 Å². The maximum Gasteiger partial charge on any atom is 0.222 e. The molecule has 0 bridgehead atoms. The fraction of sp³-hybridized carbons (Fsp3) is 0.722. The Balaban J connectivity index is 1.88. The molecule has 3 N–H and O–H groups in total.